The van der Waals surface area contributed by atoms with Gasteiger partial charge in [-0.15, -0.1) is 13.2 Å². The van der Waals surface area contributed by atoms with Crippen LogP contribution in [0.4, 0.5) is 0 Å². The van der Waals surface area contributed by atoms with Gasteiger partial charge in [0.25, 0.3) is 0 Å². The monoisotopic (exact) mass is 317 g/mol. The topological polar surface area (TPSA) is 42.4 Å². The third-order valence-electron chi connectivity index (χ3n) is 2.66. The lowest BCUT2D eigenvalue weighted by Gasteiger charge is -2.10. The van der Waals surface area contributed by atoms with Gasteiger partial charge in [0.15, 0.2) is 0 Å². The van der Waals surface area contributed by atoms with Crippen molar-refractivity contribution in [1.82, 2.24) is 4.98 Å². The standard InChI is InChI=1S/C12H10ClNO.C6H10O/c13-11-5-3-9(4-6-11)12(15)10-2-1-7-14-8-10;1-3-5-7-6-4-2/h1-8,12,15H;3-4H,1-2,5-6H2. The Morgan fingerprint density at radius 3 is 2.23 bits per heavy atom. The predicted octanol–water partition coefficient (Wildman–Crippen LogP) is 4.19. The molecule has 0 saturated heterocycles. The SMILES string of the molecule is C=CCOCC=C.OC(c1ccc(Cl)cc1)c1cccnc1. The van der Waals surface area contributed by atoms with Gasteiger partial charge < -0.3 is 9.84 Å². The van der Waals surface area contributed by atoms with E-state index in [1.807, 2.05) is 6.07 Å². The van der Waals surface area contributed by atoms with Crippen LogP contribution < -0.4 is 0 Å². The number of nitrogens with zero attached hydrogens (tertiary/aromatic N) is 1. The van der Waals surface area contributed by atoms with Crippen LogP contribution in [0.15, 0.2) is 74.1 Å². The molecule has 1 atom stereocenters. The molecular formula is C18H20ClNO2. The number of aliphatic hydroxyl groups excluding tert-OH is 1. The number of pyridine rings is 1. The molecule has 0 saturated carbocycles. The molecule has 1 heterocycles. The van der Waals surface area contributed by atoms with Crippen LogP contribution in [-0.4, -0.2) is 23.3 Å². The number of aromatic nitrogens is 1. The molecule has 22 heavy (non-hydrogen) atoms. The van der Waals surface area contributed by atoms with Crippen LogP contribution >= 0.6 is 11.6 Å². The molecule has 0 aliphatic rings. The molecule has 1 aromatic heterocycles. The highest BCUT2D eigenvalue weighted by atomic mass is 35.5. The Balaban J connectivity index is 0.000000295. The number of ether oxygens (including phenoxy) is 1. The third kappa shape index (κ3) is 6.68. The Labute approximate surface area is 136 Å². The maximum absolute atomic E-state index is 10.00. The fraction of sp³-hybridized carbons (Fsp3) is 0.167. The van der Waals surface area contributed by atoms with E-state index in [0.717, 1.165) is 11.1 Å². The molecule has 0 amide bonds. The van der Waals surface area contributed by atoms with Crippen molar-refractivity contribution < 1.29 is 9.84 Å². The van der Waals surface area contributed by atoms with Crippen LogP contribution in [0.1, 0.15) is 17.2 Å². The second kappa shape index (κ2) is 10.7. The molecule has 0 spiro atoms. The first-order valence-electron chi connectivity index (χ1n) is 6.82. The quantitative estimate of drug-likeness (QED) is 0.641. The average molecular weight is 318 g/mol. The summed E-state index contributed by atoms with van der Waals surface area (Å²) in [5.74, 6) is 0. The van der Waals surface area contributed by atoms with Crippen molar-refractivity contribution in [2.24, 2.45) is 0 Å². The van der Waals surface area contributed by atoms with Crippen LogP contribution in [0.2, 0.25) is 5.02 Å². The van der Waals surface area contributed by atoms with E-state index in [0.29, 0.717) is 18.2 Å². The lowest BCUT2D eigenvalue weighted by molar-refractivity contribution is 0.194. The number of aliphatic hydroxyl groups is 1. The minimum atomic E-state index is -0.643. The van der Waals surface area contributed by atoms with Crippen molar-refractivity contribution in [3.8, 4) is 0 Å². The van der Waals surface area contributed by atoms with E-state index < -0.39 is 6.10 Å². The average Bonchev–Trinajstić information content (AvgIpc) is 2.57. The van der Waals surface area contributed by atoms with Crippen molar-refractivity contribution in [3.63, 3.8) is 0 Å². The molecule has 1 aromatic carbocycles. The highest BCUT2D eigenvalue weighted by Crippen LogP contribution is 2.22. The second-order valence-electron chi connectivity index (χ2n) is 4.36. The summed E-state index contributed by atoms with van der Waals surface area (Å²) in [4.78, 5) is 3.96. The van der Waals surface area contributed by atoms with E-state index in [4.69, 9.17) is 16.3 Å². The van der Waals surface area contributed by atoms with E-state index in [-0.39, 0.29) is 0 Å². The normalized spacial score (nSPS) is 11.0. The molecule has 0 radical (unpaired) electrons. The van der Waals surface area contributed by atoms with Gasteiger partial charge in [-0.05, 0) is 23.8 Å². The summed E-state index contributed by atoms with van der Waals surface area (Å²) in [5, 5.41) is 10.7. The third-order valence-corrected chi connectivity index (χ3v) is 2.91. The Morgan fingerprint density at radius 2 is 1.73 bits per heavy atom. The molecule has 1 N–H and O–H groups in total. The molecule has 0 bridgehead atoms. The molecule has 3 nitrogen and oxygen atoms in total. The summed E-state index contributed by atoms with van der Waals surface area (Å²) in [6.45, 7) is 8.18. The van der Waals surface area contributed by atoms with Gasteiger partial charge in [0.1, 0.15) is 6.10 Å². The molecule has 0 aliphatic carbocycles. The summed E-state index contributed by atoms with van der Waals surface area (Å²) in [6.07, 6.45) is 6.11. The fourth-order valence-corrected chi connectivity index (χ4v) is 1.74. The maximum atomic E-state index is 10.00. The summed E-state index contributed by atoms with van der Waals surface area (Å²) >= 11 is 5.77. The summed E-state index contributed by atoms with van der Waals surface area (Å²) < 4.78 is 4.90. The fourth-order valence-electron chi connectivity index (χ4n) is 1.61. The van der Waals surface area contributed by atoms with Crippen molar-refractivity contribution >= 4 is 11.6 Å². The highest BCUT2D eigenvalue weighted by molar-refractivity contribution is 6.30. The van der Waals surface area contributed by atoms with E-state index in [9.17, 15) is 5.11 Å². The first-order valence-corrected chi connectivity index (χ1v) is 7.19. The molecule has 2 rings (SSSR count). The second-order valence-corrected chi connectivity index (χ2v) is 4.79. The van der Waals surface area contributed by atoms with Gasteiger partial charge >= 0.3 is 0 Å². The van der Waals surface area contributed by atoms with Crippen LogP contribution in [0, 0.1) is 0 Å². The van der Waals surface area contributed by atoms with Gasteiger partial charge in [-0.2, -0.15) is 0 Å². The summed E-state index contributed by atoms with van der Waals surface area (Å²) in [7, 11) is 0. The van der Waals surface area contributed by atoms with Crippen molar-refractivity contribution in [3.05, 3.63) is 90.3 Å². The van der Waals surface area contributed by atoms with Gasteiger partial charge in [0.05, 0.1) is 13.2 Å². The highest BCUT2D eigenvalue weighted by Gasteiger charge is 2.09. The van der Waals surface area contributed by atoms with Gasteiger partial charge in [0, 0.05) is 23.0 Å². The van der Waals surface area contributed by atoms with Gasteiger partial charge in [-0.1, -0.05) is 42.0 Å². The van der Waals surface area contributed by atoms with Gasteiger partial charge in [0.2, 0.25) is 0 Å². The Morgan fingerprint density at radius 1 is 1.09 bits per heavy atom. The molecule has 4 heteroatoms. The first-order chi connectivity index (χ1) is 10.7. The molecule has 2 aromatic rings. The molecule has 1 unspecified atom stereocenters. The minimum absolute atomic E-state index is 0.617. The number of benzene rings is 1. The van der Waals surface area contributed by atoms with E-state index in [2.05, 4.69) is 18.1 Å². The van der Waals surface area contributed by atoms with E-state index >= 15 is 0 Å². The zero-order chi connectivity index (χ0) is 16.2. The number of hydrogen-bond donors (Lipinski definition) is 1. The lowest BCUT2D eigenvalue weighted by Crippen LogP contribution is -1.99. The Kier molecular flexibility index (Phi) is 8.84. The molecule has 0 fully saturated rings. The lowest BCUT2D eigenvalue weighted by atomic mass is 10.0. The number of hydrogen-bond acceptors (Lipinski definition) is 3. The van der Waals surface area contributed by atoms with Crippen LogP contribution in [0.3, 0.4) is 0 Å². The summed E-state index contributed by atoms with van der Waals surface area (Å²) in [6, 6.07) is 10.8. The number of rotatable bonds is 6. The molecular weight excluding hydrogens is 298 g/mol. The van der Waals surface area contributed by atoms with E-state index in [1.54, 1.807) is 54.9 Å². The van der Waals surface area contributed by atoms with E-state index in [1.165, 1.54) is 0 Å². The Hall–Kier alpha value is -1.94. The molecule has 116 valence electrons. The Bertz CT molecular complexity index is 547. The zero-order valence-corrected chi connectivity index (χ0v) is 13.1. The van der Waals surface area contributed by atoms with Gasteiger partial charge in [-0.3, -0.25) is 4.98 Å². The predicted molar refractivity (Wildman–Crippen MR) is 91.0 cm³/mol. The number of halogens is 1. The van der Waals surface area contributed by atoms with Crippen LogP contribution in [0.5, 0.6) is 0 Å². The van der Waals surface area contributed by atoms with Crippen molar-refractivity contribution in [2.75, 3.05) is 13.2 Å². The van der Waals surface area contributed by atoms with Crippen molar-refractivity contribution in [1.29, 1.82) is 0 Å². The largest absolute Gasteiger partial charge is 0.384 e. The minimum Gasteiger partial charge on any atom is -0.384 e. The smallest absolute Gasteiger partial charge is 0.106 e. The van der Waals surface area contributed by atoms with Crippen LogP contribution in [0.25, 0.3) is 0 Å². The first kappa shape index (κ1) is 18.1. The summed E-state index contributed by atoms with van der Waals surface area (Å²) in [5.41, 5.74) is 1.59. The van der Waals surface area contributed by atoms with Crippen LogP contribution in [-0.2, 0) is 4.74 Å². The van der Waals surface area contributed by atoms with Crippen molar-refractivity contribution in [2.45, 2.75) is 6.10 Å². The maximum Gasteiger partial charge on any atom is 0.106 e. The van der Waals surface area contributed by atoms with Gasteiger partial charge in [-0.25, -0.2) is 0 Å². The molecule has 0 aliphatic heterocycles. The zero-order valence-electron chi connectivity index (χ0n) is 12.4.